The Kier molecular flexibility index (Phi) is 3.88. The Morgan fingerprint density at radius 3 is 2.44 bits per heavy atom. The maximum atomic E-state index is 5.87. The van der Waals surface area contributed by atoms with Gasteiger partial charge < -0.3 is 5.73 Å². The van der Waals surface area contributed by atoms with Crippen LogP contribution in [0.3, 0.4) is 0 Å². The summed E-state index contributed by atoms with van der Waals surface area (Å²) in [5.41, 5.74) is 9.11. The Bertz CT molecular complexity index is 544. The normalized spacial score (nSPS) is 13.0. The number of nitrogens with two attached hydrogens (primary N) is 1. The summed E-state index contributed by atoms with van der Waals surface area (Å²) in [5.74, 6) is 0.438. The van der Waals surface area contributed by atoms with E-state index >= 15 is 0 Å². The fourth-order valence-corrected chi connectivity index (χ4v) is 2.35. The standard InChI is InChI=1S/C14H18BrN3/c1-9(2)13-6-7-18(17-13)14-5-4-11(10(3)16)8-12(14)15/h4-10H,16H2,1-3H3. The number of halogens is 1. The Hall–Kier alpha value is -1.13. The van der Waals surface area contributed by atoms with Crippen LogP contribution in [0, 0.1) is 0 Å². The molecule has 0 fully saturated rings. The van der Waals surface area contributed by atoms with Crippen molar-refractivity contribution in [3.05, 3.63) is 46.2 Å². The lowest BCUT2D eigenvalue weighted by atomic mass is 10.1. The highest BCUT2D eigenvalue weighted by Crippen LogP contribution is 2.25. The first-order valence-electron chi connectivity index (χ1n) is 6.10. The summed E-state index contributed by atoms with van der Waals surface area (Å²) in [5, 5.41) is 4.57. The third kappa shape index (κ3) is 2.65. The molecular formula is C14H18BrN3. The molecule has 0 spiro atoms. The summed E-state index contributed by atoms with van der Waals surface area (Å²) in [6.45, 7) is 6.26. The largest absolute Gasteiger partial charge is 0.324 e. The molecule has 1 aromatic heterocycles. The maximum Gasteiger partial charge on any atom is 0.0787 e. The average Bonchev–Trinajstić information content (AvgIpc) is 2.78. The minimum absolute atomic E-state index is 0.0409. The van der Waals surface area contributed by atoms with Crippen LogP contribution in [0.1, 0.15) is 44.0 Å². The number of benzene rings is 1. The monoisotopic (exact) mass is 307 g/mol. The van der Waals surface area contributed by atoms with E-state index in [1.165, 1.54) is 0 Å². The molecule has 2 rings (SSSR count). The van der Waals surface area contributed by atoms with Gasteiger partial charge in [0.05, 0.1) is 11.4 Å². The molecule has 1 atom stereocenters. The summed E-state index contributed by atoms with van der Waals surface area (Å²) in [6, 6.07) is 8.23. The van der Waals surface area contributed by atoms with Crippen molar-refractivity contribution in [2.45, 2.75) is 32.7 Å². The average molecular weight is 308 g/mol. The molecule has 96 valence electrons. The minimum Gasteiger partial charge on any atom is -0.324 e. The molecule has 0 saturated heterocycles. The van der Waals surface area contributed by atoms with Gasteiger partial charge in [0.2, 0.25) is 0 Å². The highest BCUT2D eigenvalue weighted by atomic mass is 79.9. The van der Waals surface area contributed by atoms with Crippen molar-refractivity contribution >= 4 is 15.9 Å². The number of aromatic nitrogens is 2. The number of nitrogens with zero attached hydrogens (tertiary/aromatic N) is 2. The molecule has 0 aliphatic rings. The summed E-state index contributed by atoms with van der Waals surface area (Å²) in [6.07, 6.45) is 1.99. The molecule has 0 amide bonds. The van der Waals surface area contributed by atoms with Gasteiger partial charge in [0.15, 0.2) is 0 Å². The quantitative estimate of drug-likeness (QED) is 0.938. The highest BCUT2D eigenvalue weighted by Gasteiger charge is 2.09. The van der Waals surface area contributed by atoms with Crippen LogP contribution in [-0.2, 0) is 0 Å². The Morgan fingerprint density at radius 2 is 1.94 bits per heavy atom. The van der Waals surface area contributed by atoms with Crippen LogP contribution in [0.25, 0.3) is 5.69 Å². The van der Waals surface area contributed by atoms with Crippen molar-refractivity contribution in [3.63, 3.8) is 0 Å². The number of hydrogen-bond donors (Lipinski definition) is 1. The molecule has 18 heavy (non-hydrogen) atoms. The van der Waals surface area contributed by atoms with Crippen LogP contribution >= 0.6 is 15.9 Å². The second kappa shape index (κ2) is 5.24. The first-order valence-corrected chi connectivity index (χ1v) is 6.89. The molecule has 0 radical (unpaired) electrons. The lowest BCUT2D eigenvalue weighted by Gasteiger charge is -2.10. The molecule has 1 aromatic carbocycles. The van der Waals surface area contributed by atoms with Crippen molar-refractivity contribution in [1.29, 1.82) is 0 Å². The first-order chi connectivity index (χ1) is 8.49. The van der Waals surface area contributed by atoms with Gasteiger partial charge in [-0.1, -0.05) is 19.9 Å². The molecule has 2 aromatic rings. The van der Waals surface area contributed by atoms with Gasteiger partial charge in [-0.2, -0.15) is 5.10 Å². The summed E-state index contributed by atoms with van der Waals surface area (Å²) in [4.78, 5) is 0. The topological polar surface area (TPSA) is 43.8 Å². The maximum absolute atomic E-state index is 5.87. The third-order valence-corrected chi connectivity index (χ3v) is 3.58. The zero-order valence-corrected chi connectivity index (χ0v) is 12.5. The molecule has 0 aliphatic carbocycles. The molecule has 0 aliphatic heterocycles. The van der Waals surface area contributed by atoms with Crippen LogP contribution in [0.15, 0.2) is 34.9 Å². The van der Waals surface area contributed by atoms with Gasteiger partial charge in [-0.3, -0.25) is 0 Å². The Labute approximate surface area is 116 Å². The van der Waals surface area contributed by atoms with Crippen molar-refractivity contribution < 1.29 is 0 Å². The van der Waals surface area contributed by atoms with Gasteiger partial charge >= 0.3 is 0 Å². The van der Waals surface area contributed by atoms with E-state index in [1.54, 1.807) is 0 Å². The molecule has 2 N–H and O–H groups in total. The zero-order chi connectivity index (χ0) is 13.3. The van der Waals surface area contributed by atoms with Crippen LogP contribution in [0.4, 0.5) is 0 Å². The van der Waals surface area contributed by atoms with Crippen LogP contribution in [0.5, 0.6) is 0 Å². The van der Waals surface area contributed by atoms with Gasteiger partial charge in [0.25, 0.3) is 0 Å². The second-order valence-electron chi connectivity index (χ2n) is 4.84. The van der Waals surface area contributed by atoms with Gasteiger partial charge in [0, 0.05) is 16.7 Å². The molecule has 0 bridgehead atoms. The summed E-state index contributed by atoms with van der Waals surface area (Å²) in [7, 11) is 0. The molecule has 1 unspecified atom stereocenters. The Balaban J connectivity index is 2.38. The molecule has 1 heterocycles. The summed E-state index contributed by atoms with van der Waals surface area (Å²) >= 11 is 3.58. The van der Waals surface area contributed by atoms with Crippen molar-refractivity contribution in [1.82, 2.24) is 9.78 Å². The van der Waals surface area contributed by atoms with Gasteiger partial charge in [-0.15, -0.1) is 0 Å². The molecule has 4 heteroatoms. The minimum atomic E-state index is 0.0409. The lowest BCUT2D eigenvalue weighted by molar-refractivity contribution is 0.765. The lowest BCUT2D eigenvalue weighted by Crippen LogP contribution is -2.06. The number of rotatable bonds is 3. The van der Waals surface area contributed by atoms with E-state index in [9.17, 15) is 0 Å². The first kappa shape index (κ1) is 13.3. The van der Waals surface area contributed by atoms with Crippen LogP contribution in [-0.4, -0.2) is 9.78 Å². The van der Waals surface area contributed by atoms with Crippen molar-refractivity contribution in [2.75, 3.05) is 0 Å². The van der Waals surface area contributed by atoms with E-state index in [1.807, 2.05) is 29.9 Å². The van der Waals surface area contributed by atoms with Crippen molar-refractivity contribution in [2.24, 2.45) is 5.73 Å². The smallest absolute Gasteiger partial charge is 0.0787 e. The van der Waals surface area contributed by atoms with E-state index in [-0.39, 0.29) is 6.04 Å². The second-order valence-corrected chi connectivity index (χ2v) is 5.69. The molecule has 3 nitrogen and oxygen atoms in total. The fraction of sp³-hybridized carbons (Fsp3) is 0.357. The van der Waals surface area contributed by atoms with E-state index in [0.717, 1.165) is 21.4 Å². The van der Waals surface area contributed by atoms with Gasteiger partial charge in [-0.25, -0.2) is 4.68 Å². The summed E-state index contributed by atoms with van der Waals surface area (Å²) < 4.78 is 2.90. The van der Waals surface area contributed by atoms with E-state index in [2.05, 4.69) is 47.0 Å². The van der Waals surface area contributed by atoms with Gasteiger partial charge in [-0.05, 0) is 52.5 Å². The van der Waals surface area contributed by atoms with Crippen LogP contribution < -0.4 is 5.73 Å². The molecule has 0 saturated carbocycles. The van der Waals surface area contributed by atoms with Crippen molar-refractivity contribution in [3.8, 4) is 5.69 Å². The van der Waals surface area contributed by atoms with Crippen LogP contribution in [0.2, 0.25) is 0 Å². The zero-order valence-electron chi connectivity index (χ0n) is 10.9. The fourth-order valence-electron chi connectivity index (χ4n) is 1.77. The predicted molar refractivity (Wildman–Crippen MR) is 78.0 cm³/mol. The highest BCUT2D eigenvalue weighted by molar-refractivity contribution is 9.10. The van der Waals surface area contributed by atoms with E-state index in [0.29, 0.717) is 5.92 Å². The Morgan fingerprint density at radius 1 is 1.22 bits per heavy atom. The molecular weight excluding hydrogens is 290 g/mol. The van der Waals surface area contributed by atoms with E-state index < -0.39 is 0 Å². The van der Waals surface area contributed by atoms with E-state index in [4.69, 9.17) is 5.73 Å². The SMILES string of the molecule is CC(C)c1ccn(-c2ccc(C(C)N)cc2Br)n1. The predicted octanol–water partition coefficient (Wildman–Crippen LogP) is 3.78. The number of hydrogen-bond acceptors (Lipinski definition) is 2. The van der Waals surface area contributed by atoms with Gasteiger partial charge in [0.1, 0.15) is 0 Å². The third-order valence-electron chi connectivity index (χ3n) is 2.95.